The van der Waals surface area contributed by atoms with Crippen molar-refractivity contribution in [3.63, 3.8) is 0 Å². The van der Waals surface area contributed by atoms with E-state index in [-0.39, 0.29) is 18.8 Å². The summed E-state index contributed by atoms with van der Waals surface area (Å²) < 4.78 is 37.6. The van der Waals surface area contributed by atoms with E-state index in [1.54, 1.807) is 0 Å². The maximum absolute atomic E-state index is 12.5. The van der Waals surface area contributed by atoms with E-state index < -0.39 is 12.1 Å². The largest absolute Gasteiger partial charge is 0.391 e. The zero-order valence-corrected chi connectivity index (χ0v) is 9.49. The summed E-state index contributed by atoms with van der Waals surface area (Å²) >= 11 is 0. The molecule has 0 rings (SSSR count). The molecule has 3 heteroatoms. The number of hydrogen-bond donors (Lipinski definition) is 0. The Morgan fingerprint density at radius 2 is 1.36 bits per heavy atom. The third kappa shape index (κ3) is 6.28. The van der Waals surface area contributed by atoms with Crippen molar-refractivity contribution in [2.75, 3.05) is 0 Å². The maximum atomic E-state index is 12.5. The highest BCUT2D eigenvalue weighted by molar-refractivity contribution is 4.70. The van der Waals surface area contributed by atoms with Crippen molar-refractivity contribution in [3.05, 3.63) is 0 Å². The van der Waals surface area contributed by atoms with E-state index in [4.69, 9.17) is 0 Å². The van der Waals surface area contributed by atoms with Crippen molar-refractivity contribution in [1.29, 1.82) is 0 Å². The van der Waals surface area contributed by atoms with Gasteiger partial charge in [-0.1, -0.05) is 34.1 Å². The van der Waals surface area contributed by atoms with Crippen molar-refractivity contribution < 1.29 is 13.2 Å². The Bertz CT molecular complexity index is 147. The summed E-state index contributed by atoms with van der Waals surface area (Å²) in [5, 5.41) is 0. The Hall–Kier alpha value is -0.210. The molecule has 0 amide bonds. The highest BCUT2D eigenvalue weighted by Crippen LogP contribution is 2.35. The lowest BCUT2D eigenvalue weighted by Gasteiger charge is -2.22. The zero-order valence-electron chi connectivity index (χ0n) is 9.49. The van der Waals surface area contributed by atoms with Gasteiger partial charge < -0.3 is 0 Å². The number of alkyl halides is 3. The molecule has 0 aromatic rings. The van der Waals surface area contributed by atoms with Gasteiger partial charge >= 0.3 is 6.18 Å². The fraction of sp³-hybridized carbons (Fsp3) is 1.00. The first-order chi connectivity index (χ1) is 6.23. The molecule has 0 saturated carbocycles. The molecule has 0 saturated heterocycles. The van der Waals surface area contributed by atoms with Crippen LogP contribution in [0.2, 0.25) is 0 Å². The van der Waals surface area contributed by atoms with Gasteiger partial charge in [0.15, 0.2) is 0 Å². The van der Waals surface area contributed by atoms with Gasteiger partial charge in [-0.05, 0) is 24.7 Å². The topological polar surface area (TPSA) is 0 Å². The molecule has 86 valence electrons. The Kier molecular flexibility index (Phi) is 5.53. The van der Waals surface area contributed by atoms with E-state index in [1.165, 1.54) is 0 Å². The molecule has 1 atom stereocenters. The zero-order chi connectivity index (χ0) is 11.4. The smallest absolute Gasteiger partial charge is 0.171 e. The first-order valence-corrected chi connectivity index (χ1v) is 5.30. The van der Waals surface area contributed by atoms with E-state index in [1.807, 2.05) is 27.7 Å². The summed E-state index contributed by atoms with van der Waals surface area (Å²) in [5.41, 5.74) is 0. The molecular weight excluding hydrogens is 189 g/mol. The van der Waals surface area contributed by atoms with Crippen molar-refractivity contribution in [2.45, 2.75) is 53.1 Å². The molecule has 0 fully saturated rings. The Labute approximate surface area is 84.9 Å². The molecule has 0 bridgehead atoms. The predicted molar refractivity (Wildman–Crippen MR) is 53.1 cm³/mol. The van der Waals surface area contributed by atoms with E-state index in [0.29, 0.717) is 12.3 Å². The van der Waals surface area contributed by atoms with E-state index in [9.17, 15) is 13.2 Å². The average molecular weight is 210 g/mol. The predicted octanol–water partition coefficient (Wildman–Crippen LogP) is 4.65. The fourth-order valence-electron chi connectivity index (χ4n) is 1.52. The van der Waals surface area contributed by atoms with Gasteiger partial charge in [-0.15, -0.1) is 0 Å². The molecular formula is C11H21F3. The second kappa shape index (κ2) is 5.62. The lowest BCUT2D eigenvalue weighted by atomic mass is 9.90. The molecule has 0 aliphatic rings. The van der Waals surface area contributed by atoms with Crippen LogP contribution >= 0.6 is 0 Å². The van der Waals surface area contributed by atoms with Crippen molar-refractivity contribution in [3.8, 4) is 0 Å². The maximum Gasteiger partial charge on any atom is 0.391 e. The summed E-state index contributed by atoms with van der Waals surface area (Å²) in [7, 11) is 0. The summed E-state index contributed by atoms with van der Waals surface area (Å²) in [6.07, 6.45) is -2.81. The van der Waals surface area contributed by atoms with Gasteiger partial charge in [-0.25, -0.2) is 0 Å². The molecule has 0 aromatic heterocycles. The third-order valence-electron chi connectivity index (χ3n) is 2.31. The van der Waals surface area contributed by atoms with Crippen LogP contribution in [-0.2, 0) is 0 Å². The number of rotatable bonds is 5. The molecule has 14 heavy (non-hydrogen) atoms. The second-order valence-electron chi connectivity index (χ2n) is 4.84. The average Bonchev–Trinajstić information content (AvgIpc) is 1.94. The Morgan fingerprint density at radius 3 is 1.64 bits per heavy atom. The standard InChI is InChI=1S/C11H21F3/c1-8(2)5-6-10(7-9(3)4)11(12,13)14/h8-10H,5-7H2,1-4H3/t10-/m1/s1. The van der Waals surface area contributed by atoms with Gasteiger partial charge in [-0.3, -0.25) is 0 Å². The van der Waals surface area contributed by atoms with Gasteiger partial charge in [0.25, 0.3) is 0 Å². The fourth-order valence-corrected chi connectivity index (χ4v) is 1.52. The van der Waals surface area contributed by atoms with E-state index >= 15 is 0 Å². The molecule has 0 unspecified atom stereocenters. The van der Waals surface area contributed by atoms with Crippen LogP contribution in [0.5, 0.6) is 0 Å². The molecule has 0 spiro atoms. The quantitative estimate of drug-likeness (QED) is 0.619. The highest BCUT2D eigenvalue weighted by Gasteiger charge is 2.38. The molecule has 0 aliphatic heterocycles. The minimum absolute atomic E-state index is 0.119. The van der Waals surface area contributed by atoms with Crippen LogP contribution in [0.3, 0.4) is 0 Å². The van der Waals surface area contributed by atoms with E-state index in [0.717, 1.165) is 0 Å². The first-order valence-electron chi connectivity index (χ1n) is 5.30. The molecule has 0 aromatic carbocycles. The minimum atomic E-state index is -4.01. The van der Waals surface area contributed by atoms with Crippen LogP contribution in [0.4, 0.5) is 13.2 Å². The monoisotopic (exact) mass is 210 g/mol. The van der Waals surface area contributed by atoms with Gasteiger partial charge in [0.2, 0.25) is 0 Å². The van der Waals surface area contributed by atoms with Crippen LogP contribution in [0, 0.1) is 17.8 Å². The normalized spacial score (nSPS) is 15.2. The molecule has 0 heterocycles. The third-order valence-corrected chi connectivity index (χ3v) is 2.31. The van der Waals surface area contributed by atoms with E-state index in [2.05, 4.69) is 0 Å². The summed E-state index contributed by atoms with van der Waals surface area (Å²) in [6, 6.07) is 0. The highest BCUT2D eigenvalue weighted by atomic mass is 19.4. The Morgan fingerprint density at radius 1 is 0.857 bits per heavy atom. The summed E-state index contributed by atoms with van der Waals surface area (Å²) in [6.45, 7) is 7.61. The van der Waals surface area contributed by atoms with Crippen molar-refractivity contribution >= 4 is 0 Å². The number of halogens is 3. The Balaban J connectivity index is 4.12. The lowest BCUT2D eigenvalue weighted by Crippen LogP contribution is -2.24. The van der Waals surface area contributed by atoms with Crippen LogP contribution < -0.4 is 0 Å². The van der Waals surface area contributed by atoms with Crippen LogP contribution in [0.25, 0.3) is 0 Å². The van der Waals surface area contributed by atoms with Gasteiger partial charge in [-0.2, -0.15) is 13.2 Å². The summed E-state index contributed by atoms with van der Waals surface area (Å²) in [5.74, 6) is -0.634. The van der Waals surface area contributed by atoms with Crippen molar-refractivity contribution in [1.82, 2.24) is 0 Å². The lowest BCUT2D eigenvalue weighted by molar-refractivity contribution is -0.181. The first kappa shape index (κ1) is 13.8. The van der Waals surface area contributed by atoms with Crippen LogP contribution in [0.1, 0.15) is 47.0 Å². The van der Waals surface area contributed by atoms with Crippen LogP contribution in [0.15, 0.2) is 0 Å². The molecule has 0 aliphatic carbocycles. The van der Waals surface area contributed by atoms with Gasteiger partial charge in [0, 0.05) is 0 Å². The molecule has 0 nitrogen and oxygen atoms in total. The van der Waals surface area contributed by atoms with Crippen molar-refractivity contribution in [2.24, 2.45) is 17.8 Å². The van der Waals surface area contributed by atoms with Gasteiger partial charge in [0.05, 0.1) is 5.92 Å². The SMILES string of the molecule is CC(C)CC[C@H](CC(C)C)C(F)(F)F. The van der Waals surface area contributed by atoms with Crippen LogP contribution in [-0.4, -0.2) is 6.18 Å². The van der Waals surface area contributed by atoms with Gasteiger partial charge in [0.1, 0.15) is 0 Å². The second-order valence-corrected chi connectivity index (χ2v) is 4.84. The summed E-state index contributed by atoms with van der Waals surface area (Å²) in [4.78, 5) is 0. The molecule has 0 N–H and O–H groups in total. The molecule has 0 radical (unpaired) electrons. The minimum Gasteiger partial charge on any atom is -0.171 e. The number of hydrogen-bond acceptors (Lipinski definition) is 0.